The molecule has 1 saturated heterocycles. The zero-order valence-corrected chi connectivity index (χ0v) is 11.2. The van der Waals surface area contributed by atoms with E-state index in [1.54, 1.807) is 0 Å². The van der Waals surface area contributed by atoms with Gasteiger partial charge in [-0.1, -0.05) is 6.92 Å². The topological polar surface area (TPSA) is 35.6 Å². The summed E-state index contributed by atoms with van der Waals surface area (Å²) < 4.78 is 0. The van der Waals surface area contributed by atoms with Gasteiger partial charge in [0, 0.05) is 31.2 Å². The first-order valence-electron chi connectivity index (χ1n) is 6.14. The van der Waals surface area contributed by atoms with Crippen LogP contribution in [0.3, 0.4) is 0 Å². The first kappa shape index (κ1) is 13.3. The smallest absolute Gasteiger partial charge is 0.317 e. The lowest BCUT2D eigenvalue weighted by atomic mass is 10.1. The van der Waals surface area contributed by atoms with Crippen LogP contribution in [0, 0.1) is 0 Å². The van der Waals surface area contributed by atoms with E-state index in [-0.39, 0.29) is 11.6 Å². The fraction of sp³-hybridized carbons (Fsp3) is 0.917. The summed E-state index contributed by atoms with van der Waals surface area (Å²) in [5.41, 5.74) is -0.151. The third-order valence-electron chi connectivity index (χ3n) is 2.94. The van der Waals surface area contributed by atoms with Crippen LogP contribution in [0.2, 0.25) is 0 Å². The summed E-state index contributed by atoms with van der Waals surface area (Å²) in [5.74, 6) is 0. The Morgan fingerprint density at radius 2 is 2.00 bits per heavy atom. The van der Waals surface area contributed by atoms with Gasteiger partial charge in [-0.15, -0.1) is 0 Å². The molecular weight excluding hydrogens is 202 g/mol. The summed E-state index contributed by atoms with van der Waals surface area (Å²) in [4.78, 5) is 16.3. The molecule has 2 amide bonds. The Bertz CT molecular complexity index is 247. The predicted molar refractivity (Wildman–Crippen MR) is 66.6 cm³/mol. The number of carbonyl (C=O) groups is 1. The van der Waals surface area contributed by atoms with Gasteiger partial charge >= 0.3 is 6.03 Å². The van der Waals surface area contributed by atoms with E-state index in [1.807, 2.05) is 25.7 Å². The first-order valence-corrected chi connectivity index (χ1v) is 6.14. The molecule has 0 spiro atoms. The number of urea groups is 1. The minimum absolute atomic E-state index is 0.0649. The van der Waals surface area contributed by atoms with Crippen LogP contribution in [-0.2, 0) is 0 Å². The number of likely N-dealkylation sites (N-methyl/N-ethyl adjacent to an activating group) is 1. The highest BCUT2D eigenvalue weighted by Crippen LogP contribution is 2.10. The molecule has 1 atom stereocenters. The molecule has 4 nitrogen and oxygen atoms in total. The molecule has 1 rings (SSSR count). The van der Waals surface area contributed by atoms with Crippen molar-refractivity contribution in [3.05, 3.63) is 0 Å². The number of nitrogens with one attached hydrogen (secondary N) is 1. The van der Waals surface area contributed by atoms with Crippen LogP contribution in [0.5, 0.6) is 0 Å². The van der Waals surface area contributed by atoms with E-state index in [4.69, 9.17) is 0 Å². The Balaban J connectivity index is 2.48. The SMILES string of the molecule is CCN1CCN(C(=O)NC(C)(C)C)CC1C. The lowest BCUT2D eigenvalue weighted by Gasteiger charge is -2.40. The first-order chi connectivity index (χ1) is 7.33. The van der Waals surface area contributed by atoms with E-state index in [2.05, 4.69) is 24.1 Å². The van der Waals surface area contributed by atoms with Crippen molar-refractivity contribution in [3.63, 3.8) is 0 Å². The zero-order chi connectivity index (χ0) is 12.3. The Labute approximate surface area is 99.0 Å². The second-order valence-electron chi connectivity index (χ2n) is 5.60. The van der Waals surface area contributed by atoms with Gasteiger partial charge in [-0.05, 0) is 34.2 Å². The molecule has 0 aromatic rings. The zero-order valence-electron chi connectivity index (χ0n) is 11.2. The number of carbonyl (C=O) groups excluding carboxylic acids is 1. The monoisotopic (exact) mass is 227 g/mol. The second-order valence-corrected chi connectivity index (χ2v) is 5.60. The molecule has 0 saturated carbocycles. The lowest BCUT2D eigenvalue weighted by molar-refractivity contribution is 0.0995. The van der Waals surface area contributed by atoms with Crippen LogP contribution in [0.25, 0.3) is 0 Å². The second kappa shape index (κ2) is 5.04. The molecule has 0 aliphatic carbocycles. The molecular formula is C12H25N3O. The molecule has 0 radical (unpaired) electrons. The van der Waals surface area contributed by atoms with Gasteiger partial charge in [-0.3, -0.25) is 4.90 Å². The number of amides is 2. The summed E-state index contributed by atoms with van der Waals surface area (Å²) in [6.07, 6.45) is 0. The van der Waals surface area contributed by atoms with Crippen molar-refractivity contribution in [1.82, 2.24) is 15.1 Å². The van der Waals surface area contributed by atoms with E-state index in [1.165, 1.54) is 0 Å². The van der Waals surface area contributed by atoms with Gasteiger partial charge in [0.1, 0.15) is 0 Å². The standard InChI is InChI=1S/C12H25N3O/c1-6-14-7-8-15(9-10(14)2)11(16)13-12(3,4)5/h10H,6-9H2,1-5H3,(H,13,16). The summed E-state index contributed by atoms with van der Waals surface area (Å²) >= 11 is 0. The molecule has 1 aliphatic rings. The highest BCUT2D eigenvalue weighted by molar-refractivity contribution is 5.75. The van der Waals surface area contributed by atoms with Gasteiger partial charge in [0.25, 0.3) is 0 Å². The van der Waals surface area contributed by atoms with E-state index >= 15 is 0 Å². The Kier molecular flexibility index (Phi) is 4.19. The number of hydrogen-bond donors (Lipinski definition) is 1. The molecule has 1 fully saturated rings. The molecule has 94 valence electrons. The molecule has 0 bridgehead atoms. The van der Waals surface area contributed by atoms with Gasteiger partial charge in [-0.2, -0.15) is 0 Å². The summed E-state index contributed by atoms with van der Waals surface area (Å²) in [5, 5.41) is 3.01. The largest absolute Gasteiger partial charge is 0.333 e. The van der Waals surface area contributed by atoms with Gasteiger partial charge < -0.3 is 10.2 Å². The van der Waals surface area contributed by atoms with Crippen LogP contribution < -0.4 is 5.32 Å². The molecule has 16 heavy (non-hydrogen) atoms. The predicted octanol–water partition coefficient (Wildman–Crippen LogP) is 1.52. The number of rotatable bonds is 1. The van der Waals surface area contributed by atoms with Gasteiger partial charge in [0.05, 0.1) is 0 Å². The molecule has 1 heterocycles. The molecule has 4 heteroatoms. The van der Waals surface area contributed by atoms with Crippen molar-refractivity contribution in [3.8, 4) is 0 Å². The number of piperazine rings is 1. The van der Waals surface area contributed by atoms with Crippen LogP contribution in [0.1, 0.15) is 34.6 Å². The normalized spacial score (nSPS) is 23.3. The number of nitrogens with zero attached hydrogens (tertiary/aromatic N) is 2. The van der Waals surface area contributed by atoms with Crippen molar-refractivity contribution in [2.45, 2.75) is 46.2 Å². The maximum Gasteiger partial charge on any atom is 0.317 e. The average molecular weight is 227 g/mol. The fourth-order valence-electron chi connectivity index (χ4n) is 2.05. The van der Waals surface area contributed by atoms with Crippen molar-refractivity contribution in [1.29, 1.82) is 0 Å². The Morgan fingerprint density at radius 1 is 1.38 bits per heavy atom. The molecule has 1 unspecified atom stereocenters. The third kappa shape index (κ3) is 3.67. The third-order valence-corrected chi connectivity index (χ3v) is 2.94. The Morgan fingerprint density at radius 3 is 2.44 bits per heavy atom. The van der Waals surface area contributed by atoms with Crippen LogP contribution in [0.15, 0.2) is 0 Å². The maximum atomic E-state index is 12.0. The highest BCUT2D eigenvalue weighted by atomic mass is 16.2. The van der Waals surface area contributed by atoms with Crippen molar-refractivity contribution in [2.24, 2.45) is 0 Å². The van der Waals surface area contributed by atoms with Crippen molar-refractivity contribution < 1.29 is 4.79 Å². The highest BCUT2D eigenvalue weighted by Gasteiger charge is 2.27. The van der Waals surface area contributed by atoms with Crippen LogP contribution in [-0.4, -0.2) is 53.6 Å². The minimum atomic E-state index is -0.151. The molecule has 1 N–H and O–H groups in total. The van der Waals surface area contributed by atoms with Crippen molar-refractivity contribution >= 4 is 6.03 Å². The average Bonchev–Trinajstić information content (AvgIpc) is 2.15. The van der Waals surface area contributed by atoms with Gasteiger partial charge in [-0.25, -0.2) is 4.79 Å². The van der Waals surface area contributed by atoms with E-state index in [9.17, 15) is 4.79 Å². The van der Waals surface area contributed by atoms with Crippen LogP contribution >= 0.6 is 0 Å². The van der Waals surface area contributed by atoms with Crippen LogP contribution in [0.4, 0.5) is 4.79 Å². The van der Waals surface area contributed by atoms with E-state index in [0.29, 0.717) is 6.04 Å². The Hall–Kier alpha value is -0.770. The molecule has 0 aromatic carbocycles. The maximum absolute atomic E-state index is 12.0. The molecule has 1 aliphatic heterocycles. The summed E-state index contributed by atoms with van der Waals surface area (Å²) in [7, 11) is 0. The summed E-state index contributed by atoms with van der Waals surface area (Å²) in [6.45, 7) is 14.1. The summed E-state index contributed by atoms with van der Waals surface area (Å²) in [6, 6.07) is 0.527. The fourth-order valence-corrected chi connectivity index (χ4v) is 2.05. The lowest BCUT2D eigenvalue weighted by Crippen LogP contribution is -2.57. The quantitative estimate of drug-likeness (QED) is 0.737. The van der Waals surface area contributed by atoms with Gasteiger partial charge in [0.15, 0.2) is 0 Å². The van der Waals surface area contributed by atoms with E-state index < -0.39 is 0 Å². The minimum Gasteiger partial charge on any atom is -0.333 e. The van der Waals surface area contributed by atoms with Gasteiger partial charge in [0.2, 0.25) is 0 Å². The number of hydrogen-bond acceptors (Lipinski definition) is 2. The van der Waals surface area contributed by atoms with E-state index in [0.717, 1.165) is 26.2 Å². The van der Waals surface area contributed by atoms with Crippen molar-refractivity contribution in [2.75, 3.05) is 26.2 Å². The molecule has 0 aromatic heterocycles.